The molecular formula is C127H186F2N2O13. The zero-order valence-corrected chi connectivity index (χ0v) is 92.5. The second-order valence-electron chi connectivity index (χ2n) is 52.8. The average molecular weight is 1990 g/mol. The number of carboxylic acids is 1. The van der Waals surface area contributed by atoms with Gasteiger partial charge >= 0.3 is 5.97 Å². The summed E-state index contributed by atoms with van der Waals surface area (Å²) in [4.78, 5) is 80.9. The summed E-state index contributed by atoms with van der Waals surface area (Å²) in [6.07, 6.45) is 44.8. The van der Waals surface area contributed by atoms with Crippen molar-refractivity contribution >= 4 is 36.1 Å². The van der Waals surface area contributed by atoms with Gasteiger partial charge in [-0.15, -0.1) is 0 Å². The Labute approximate surface area is 866 Å². The van der Waals surface area contributed by atoms with E-state index < -0.39 is 34.8 Å². The van der Waals surface area contributed by atoms with Crippen molar-refractivity contribution < 1.29 is 71.1 Å². The number of allylic oxidation sites excluding steroid dienone is 4. The maximum atomic E-state index is 13.8. The van der Waals surface area contributed by atoms with Crippen molar-refractivity contribution in [2.75, 3.05) is 13.1 Å². The first-order valence-electron chi connectivity index (χ1n) is 57.5. The number of unbranched alkanes of at least 4 members (excludes halogenated alkanes) is 14. The minimum absolute atomic E-state index is 0.00547. The van der Waals surface area contributed by atoms with Crippen LogP contribution in [0.3, 0.4) is 0 Å². The molecule has 796 valence electrons. The first-order chi connectivity index (χ1) is 68.2. The van der Waals surface area contributed by atoms with E-state index in [1.807, 2.05) is 31.2 Å². The smallest absolute Gasteiger partial charge is 0.310 e. The number of benzene rings is 4. The zero-order chi connectivity index (χ0) is 104. The van der Waals surface area contributed by atoms with Gasteiger partial charge in [-0.25, -0.2) is 8.78 Å². The summed E-state index contributed by atoms with van der Waals surface area (Å²) in [6, 6.07) is 28.5. The molecule has 0 aromatic heterocycles. The van der Waals surface area contributed by atoms with Crippen LogP contribution in [0.4, 0.5) is 8.78 Å². The summed E-state index contributed by atoms with van der Waals surface area (Å²) < 4.78 is 66.0. The fraction of sp³-hybridized carbons (Fsp3) is 0.732. The van der Waals surface area contributed by atoms with Gasteiger partial charge in [-0.05, 0) is 359 Å². The first kappa shape index (κ1) is 111. The van der Waals surface area contributed by atoms with E-state index in [1.54, 1.807) is 29.8 Å². The molecule has 12 aliphatic rings. The Morgan fingerprint density at radius 1 is 0.396 bits per heavy atom. The number of ether oxygens (including phenoxy) is 6. The van der Waals surface area contributed by atoms with Crippen molar-refractivity contribution in [3.63, 3.8) is 0 Å². The van der Waals surface area contributed by atoms with E-state index in [9.17, 15) is 42.7 Å². The summed E-state index contributed by atoms with van der Waals surface area (Å²) in [7, 11) is 0. The molecule has 2 saturated heterocycles. The molecule has 144 heavy (non-hydrogen) atoms. The third-order valence-electron chi connectivity index (χ3n) is 43.8. The second-order valence-corrected chi connectivity index (χ2v) is 52.8. The molecule has 15 nitrogen and oxygen atoms in total. The van der Waals surface area contributed by atoms with Crippen LogP contribution in [0.15, 0.2) is 120 Å². The molecule has 2 amide bonds. The minimum atomic E-state index is -0.693. The third-order valence-corrected chi connectivity index (χ3v) is 43.8. The molecule has 2 aliphatic heterocycles. The lowest BCUT2D eigenvalue weighted by Crippen LogP contribution is -2.67. The van der Waals surface area contributed by atoms with Gasteiger partial charge in [0.05, 0.1) is 40.7 Å². The molecule has 10 fully saturated rings. The van der Waals surface area contributed by atoms with E-state index >= 15 is 0 Å². The number of ketones is 1. The molecule has 2 heterocycles. The van der Waals surface area contributed by atoms with Crippen LogP contribution in [0.1, 0.15) is 388 Å². The normalized spacial score (nSPS) is 39.0. The van der Waals surface area contributed by atoms with E-state index in [1.165, 1.54) is 105 Å². The molecule has 8 saturated carbocycles. The van der Waals surface area contributed by atoms with Gasteiger partial charge in [0.25, 0.3) is 0 Å². The fourth-order valence-electron chi connectivity index (χ4n) is 33.7. The van der Waals surface area contributed by atoms with Crippen LogP contribution in [0.5, 0.6) is 23.0 Å². The topological polar surface area (TPSA) is 202 Å². The van der Waals surface area contributed by atoms with Crippen molar-refractivity contribution in [2.24, 2.45) is 148 Å². The van der Waals surface area contributed by atoms with Gasteiger partial charge in [0.2, 0.25) is 11.8 Å². The van der Waals surface area contributed by atoms with Gasteiger partial charge in [0, 0.05) is 43.2 Å². The number of hydrogen-bond acceptors (Lipinski definition) is 12. The van der Waals surface area contributed by atoms with E-state index in [4.69, 9.17) is 28.4 Å². The Hall–Kier alpha value is -6.92. The minimum Gasteiger partial charge on any atom is -0.481 e. The van der Waals surface area contributed by atoms with Crippen molar-refractivity contribution in [3.05, 3.63) is 143 Å². The number of carbonyl (C=O) groups excluding carboxylic acids is 5. The van der Waals surface area contributed by atoms with Crippen LogP contribution in [-0.4, -0.2) is 91.3 Å². The van der Waals surface area contributed by atoms with Gasteiger partial charge in [-0.3, -0.25) is 19.2 Å². The highest BCUT2D eigenvalue weighted by Gasteiger charge is 2.74. The van der Waals surface area contributed by atoms with E-state index in [-0.39, 0.29) is 144 Å². The second kappa shape index (κ2) is 44.9. The molecule has 4 aromatic carbocycles. The number of nitrogens with one attached hydrogen (secondary N) is 2. The molecule has 0 bridgehead atoms. The van der Waals surface area contributed by atoms with E-state index in [0.717, 1.165) is 191 Å². The van der Waals surface area contributed by atoms with Crippen LogP contribution in [-0.2, 0) is 60.6 Å². The van der Waals surface area contributed by atoms with Crippen molar-refractivity contribution in [1.82, 2.24) is 10.6 Å². The van der Waals surface area contributed by atoms with Crippen molar-refractivity contribution in [1.29, 1.82) is 0 Å². The Bertz CT molecular complexity index is 4800. The first-order valence-corrected chi connectivity index (χ1v) is 57.5. The molecule has 17 heteroatoms. The summed E-state index contributed by atoms with van der Waals surface area (Å²) >= 11 is 0. The number of carbonyl (C=O) groups is 6. The molecular weight excluding hydrogens is 1800 g/mol. The lowest BCUT2D eigenvalue weighted by Gasteiger charge is -2.72. The number of aliphatic carboxylic acids is 1. The Balaban J connectivity index is 0.000000217. The maximum Gasteiger partial charge on any atom is 0.310 e. The van der Waals surface area contributed by atoms with E-state index in [2.05, 4.69) is 186 Å². The fourth-order valence-corrected chi connectivity index (χ4v) is 33.7. The standard InChI is InChI=1S/C64H94FNO6.C63H92FNO7/c1-42-38-63(11)51(52-39-59(6,7)36-37-64(42,52)46(5)68)30-31-55-60(8)34-33-56(61(9,41-67)54(60)32-35-62(55,63)10)72-58-45(4)43(2)44(3)53(71-58)40-66-57(69)21-19-17-15-13-12-14-16-18-20-47-22-26-49(27-23-47)70-50-28-24-48(65)25-29-50;1-41-37-62(10)49(50-38-58(5,6)35-36-63(41,50)57(68)69)29-30-53-59(7)33-32-54(60(8,40-66)52(59)31-34-61(53,62)9)72-56-44(4)42(2)43(3)51(71-56)39-65-55(67)20-18-16-14-12-11-13-15-17-19-45-21-25-47(26-22-45)70-48-27-23-46(64)24-28-48/h22-30,41-45,52-56,58H,12-21,31-40H2,1-11H3,(H,66,69);21-29,40-44,50-54,56H,11-20,30-39H2,1-10H3,(H,65,67)(H,68,69)/t42?,43-,44-,45?,52?,53?,54+,55?,56-,58-,60?,61?,62+,63+,64+;41?,42-,43-,44?,50?,51?,52+,53?,54-,56-,59?,60?,61+,62+,63-/m00/s1. The van der Waals surface area contributed by atoms with Crippen LogP contribution in [0.2, 0.25) is 0 Å². The number of aryl methyl sites for hydroxylation is 2. The third kappa shape index (κ3) is 21.9. The monoisotopic (exact) mass is 1990 g/mol. The van der Waals surface area contributed by atoms with Gasteiger partial charge < -0.3 is 53.8 Å². The quantitative estimate of drug-likeness (QED) is 0.0166. The molecule has 14 unspecified atom stereocenters. The summed E-state index contributed by atoms with van der Waals surface area (Å²) in [5, 5.41) is 17.4. The largest absolute Gasteiger partial charge is 0.481 e. The Morgan fingerprint density at radius 3 is 1.08 bits per heavy atom. The highest BCUT2D eigenvalue weighted by molar-refractivity contribution is 5.84. The molecule has 10 aliphatic carbocycles. The highest BCUT2D eigenvalue weighted by Crippen LogP contribution is 2.80. The number of halogens is 2. The summed E-state index contributed by atoms with van der Waals surface area (Å²) in [5.74, 6) is 5.63. The number of carboxylic acid groups (broad SMARTS) is 1. The van der Waals surface area contributed by atoms with Gasteiger partial charge in [-0.2, -0.15) is 0 Å². The predicted octanol–water partition coefficient (Wildman–Crippen LogP) is 30.7. The number of rotatable bonds is 38. The number of hydrogen-bond donors (Lipinski definition) is 3. The predicted molar refractivity (Wildman–Crippen MR) is 571 cm³/mol. The molecule has 16 rings (SSSR count). The van der Waals surface area contributed by atoms with Gasteiger partial charge in [-0.1, -0.05) is 263 Å². The maximum absolute atomic E-state index is 13.8. The summed E-state index contributed by atoms with van der Waals surface area (Å²) in [5.41, 5.74) is 3.61. The lowest BCUT2D eigenvalue weighted by molar-refractivity contribution is -0.293. The number of Topliss-reactive ketones (excluding diaryl/α,β-unsaturated/α-hetero) is 1. The molecule has 4 aromatic rings. The number of aldehydes is 2. The lowest BCUT2D eigenvalue weighted by atomic mass is 9.32. The van der Waals surface area contributed by atoms with Crippen LogP contribution < -0.4 is 20.1 Å². The molecule has 0 radical (unpaired) electrons. The van der Waals surface area contributed by atoms with Gasteiger partial charge in [0.1, 0.15) is 53.0 Å². The van der Waals surface area contributed by atoms with Crippen LogP contribution >= 0.6 is 0 Å². The zero-order valence-electron chi connectivity index (χ0n) is 92.5. The molecule has 3 N–H and O–H groups in total. The van der Waals surface area contributed by atoms with Crippen molar-refractivity contribution in [2.45, 2.75) is 426 Å². The average Bonchev–Trinajstić information content (AvgIpc) is 0.672. The molecule has 0 spiro atoms. The Morgan fingerprint density at radius 2 is 0.729 bits per heavy atom. The Kier molecular flexibility index (Phi) is 34.7. The number of fused-ring (bicyclic) bond motifs is 14. The summed E-state index contributed by atoms with van der Waals surface area (Å²) in [6.45, 7) is 50.1. The van der Waals surface area contributed by atoms with E-state index in [0.29, 0.717) is 78.7 Å². The highest BCUT2D eigenvalue weighted by atomic mass is 19.1. The van der Waals surface area contributed by atoms with Crippen molar-refractivity contribution in [3.8, 4) is 23.0 Å². The van der Waals surface area contributed by atoms with Crippen LogP contribution in [0.25, 0.3) is 0 Å². The SMILES string of the molecule is CC(=O)[C@]12CCC(C)(C)CC1C1=CCC3C4(C)CC[C@H](O[C@@H]5OC(CNC(=O)CCCCCCCCCCc6ccc(Oc7ccc(F)cc7)cc6)[C@@H](C)[C@H](C)C5C)C(C)(C=O)[C@@H]4CC[C@@]3(C)[C@]1(C)CC2C.CC1[C@H](O[C@H]2CCC3(C)C4CC=C5C6CC(C)(C)CC[C@]6(C(=O)O)C(C)C[C@@]5(C)[C@]4(C)CC[C@H]3C2(C)C=O)OC(CNC(=O)CCCCCCCCCCc2ccc(Oc3ccc(F)cc3)cc2)[C@@H](C)[C@@H]1C. The molecule has 30 atom stereocenters. The van der Waals surface area contributed by atoms with Gasteiger partial charge in [0.15, 0.2) is 12.6 Å². The van der Waals surface area contributed by atoms with Crippen LogP contribution in [0, 0.1) is 159 Å². The number of amides is 2.